The summed E-state index contributed by atoms with van der Waals surface area (Å²) in [5.74, 6) is 0.0738. The molecule has 0 aliphatic carbocycles. The molecule has 2 aromatic rings. The molecule has 1 saturated heterocycles. The van der Waals surface area contributed by atoms with Crippen molar-refractivity contribution in [2.45, 2.75) is 31.2 Å². The Morgan fingerprint density at radius 2 is 2.04 bits per heavy atom. The molecular formula is C16H21N5O2S2. The third kappa shape index (κ3) is 4.04. The number of aryl methyl sites for hydroxylation is 1. The summed E-state index contributed by atoms with van der Waals surface area (Å²) < 4.78 is 0. The van der Waals surface area contributed by atoms with Crippen molar-refractivity contribution < 1.29 is 4.79 Å². The van der Waals surface area contributed by atoms with Gasteiger partial charge in [0.05, 0.1) is 5.25 Å². The molecule has 7 nitrogen and oxygen atoms in total. The van der Waals surface area contributed by atoms with Crippen molar-refractivity contribution in [2.24, 2.45) is 0 Å². The van der Waals surface area contributed by atoms with Crippen LogP contribution in [0, 0.1) is 13.8 Å². The minimum Gasteiger partial charge on any atom is -0.345 e. The number of hydrogen-bond donors (Lipinski definition) is 1. The number of anilines is 1. The van der Waals surface area contributed by atoms with Gasteiger partial charge in [0.15, 0.2) is 10.3 Å². The monoisotopic (exact) mass is 379 g/mol. The molecule has 0 spiro atoms. The predicted molar refractivity (Wildman–Crippen MR) is 101 cm³/mol. The van der Waals surface area contributed by atoms with E-state index in [1.54, 1.807) is 31.4 Å². The Balaban J connectivity index is 1.59. The van der Waals surface area contributed by atoms with Crippen LogP contribution in [0.5, 0.6) is 0 Å². The van der Waals surface area contributed by atoms with Crippen LogP contribution in [-0.4, -0.2) is 57.2 Å². The van der Waals surface area contributed by atoms with Crippen molar-refractivity contribution in [2.75, 3.05) is 31.1 Å². The lowest BCUT2D eigenvalue weighted by Gasteiger charge is -2.35. The van der Waals surface area contributed by atoms with Gasteiger partial charge in [0.1, 0.15) is 0 Å². The maximum absolute atomic E-state index is 12.7. The van der Waals surface area contributed by atoms with Crippen molar-refractivity contribution in [3.63, 3.8) is 0 Å². The average molecular weight is 380 g/mol. The van der Waals surface area contributed by atoms with Gasteiger partial charge in [0.2, 0.25) is 5.91 Å². The standard InChI is InChI=1S/C16H21N5O2S2/c1-10-11(2)18-15(19-13(10)22)25-12(3)14(23)20-5-7-21(8-6-20)16-17-4-9-24-16/h4,9,12H,5-8H2,1-3H3,(H,18,19,22). The van der Waals surface area contributed by atoms with Gasteiger partial charge in [-0.2, -0.15) is 0 Å². The fourth-order valence-electron chi connectivity index (χ4n) is 2.64. The Kier molecular flexibility index (Phi) is 5.43. The smallest absolute Gasteiger partial charge is 0.254 e. The number of piperazine rings is 1. The summed E-state index contributed by atoms with van der Waals surface area (Å²) in [5, 5.41) is 3.17. The number of nitrogens with one attached hydrogen (secondary N) is 1. The lowest BCUT2D eigenvalue weighted by molar-refractivity contribution is -0.130. The summed E-state index contributed by atoms with van der Waals surface area (Å²) in [6.07, 6.45) is 1.80. The van der Waals surface area contributed by atoms with Crippen LogP contribution in [0.3, 0.4) is 0 Å². The highest BCUT2D eigenvalue weighted by Crippen LogP contribution is 2.23. The molecule has 1 aliphatic rings. The number of aromatic nitrogens is 3. The van der Waals surface area contributed by atoms with Crippen LogP contribution in [0.1, 0.15) is 18.2 Å². The SMILES string of the molecule is Cc1nc(SC(C)C(=O)N2CCN(c3nccs3)CC2)[nH]c(=O)c1C. The second kappa shape index (κ2) is 7.57. The molecule has 1 amide bonds. The lowest BCUT2D eigenvalue weighted by atomic mass is 10.3. The quantitative estimate of drug-likeness (QED) is 0.643. The molecule has 3 heterocycles. The van der Waals surface area contributed by atoms with Gasteiger partial charge in [0.25, 0.3) is 5.56 Å². The average Bonchev–Trinajstić information content (AvgIpc) is 3.13. The number of H-pyrrole nitrogens is 1. The van der Waals surface area contributed by atoms with E-state index >= 15 is 0 Å². The number of nitrogens with zero attached hydrogens (tertiary/aromatic N) is 4. The second-order valence-electron chi connectivity index (χ2n) is 5.97. The van der Waals surface area contributed by atoms with Gasteiger partial charge >= 0.3 is 0 Å². The summed E-state index contributed by atoms with van der Waals surface area (Å²) in [7, 11) is 0. The van der Waals surface area contributed by atoms with Crippen molar-refractivity contribution in [1.29, 1.82) is 0 Å². The van der Waals surface area contributed by atoms with Crippen LogP contribution in [0.2, 0.25) is 0 Å². The van der Waals surface area contributed by atoms with Gasteiger partial charge in [-0.1, -0.05) is 11.8 Å². The first-order valence-electron chi connectivity index (χ1n) is 8.13. The highest BCUT2D eigenvalue weighted by Gasteiger charge is 2.26. The van der Waals surface area contributed by atoms with Crippen LogP contribution in [0.15, 0.2) is 21.5 Å². The number of hydrogen-bond acceptors (Lipinski definition) is 7. The zero-order chi connectivity index (χ0) is 18.0. The number of carbonyl (C=O) groups is 1. The van der Waals surface area contributed by atoms with Crippen molar-refractivity contribution in [3.05, 3.63) is 33.2 Å². The molecule has 1 atom stereocenters. The zero-order valence-electron chi connectivity index (χ0n) is 14.5. The topological polar surface area (TPSA) is 82.2 Å². The maximum Gasteiger partial charge on any atom is 0.254 e. The normalized spacial score (nSPS) is 16.1. The molecule has 1 unspecified atom stereocenters. The van der Waals surface area contributed by atoms with Crippen LogP contribution in [0.25, 0.3) is 0 Å². The van der Waals surface area contributed by atoms with E-state index in [0.29, 0.717) is 29.5 Å². The molecule has 134 valence electrons. The lowest BCUT2D eigenvalue weighted by Crippen LogP contribution is -2.50. The van der Waals surface area contributed by atoms with Gasteiger partial charge < -0.3 is 14.8 Å². The number of carbonyl (C=O) groups excluding carboxylic acids is 1. The van der Waals surface area contributed by atoms with Gasteiger partial charge in [-0.3, -0.25) is 9.59 Å². The van der Waals surface area contributed by atoms with Crippen molar-refractivity contribution in [1.82, 2.24) is 19.9 Å². The molecule has 2 aromatic heterocycles. The van der Waals surface area contributed by atoms with E-state index in [-0.39, 0.29) is 16.7 Å². The molecule has 1 fully saturated rings. The number of thioether (sulfide) groups is 1. The van der Waals surface area contributed by atoms with E-state index in [4.69, 9.17) is 0 Å². The van der Waals surface area contributed by atoms with Crippen LogP contribution in [-0.2, 0) is 4.79 Å². The number of amides is 1. The summed E-state index contributed by atoms with van der Waals surface area (Å²) in [5.41, 5.74) is 1.16. The first-order valence-corrected chi connectivity index (χ1v) is 9.89. The first kappa shape index (κ1) is 17.9. The van der Waals surface area contributed by atoms with Crippen LogP contribution in [0.4, 0.5) is 5.13 Å². The molecule has 3 rings (SSSR count). The summed E-state index contributed by atoms with van der Waals surface area (Å²) in [6.45, 7) is 8.34. The molecule has 0 saturated carbocycles. The maximum atomic E-state index is 12.7. The minimum atomic E-state index is -0.295. The molecule has 1 N–H and O–H groups in total. The Morgan fingerprint density at radius 3 is 2.64 bits per heavy atom. The number of thiazole rings is 1. The van der Waals surface area contributed by atoms with Crippen LogP contribution >= 0.6 is 23.1 Å². The van der Waals surface area contributed by atoms with E-state index < -0.39 is 0 Å². The molecule has 9 heteroatoms. The van der Waals surface area contributed by atoms with E-state index in [1.807, 2.05) is 17.2 Å². The first-order chi connectivity index (χ1) is 12.0. The van der Waals surface area contributed by atoms with E-state index in [0.717, 1.165) is 18.2 Å². The highest BCUT2D eigenvalue weighted by atomic mass is 32.2. The predicted octanol–water partition coefficient (Wildman–Crippen LogP) is 1.67. The zero-order valence-corrected chi connectivity index (χ0v) is 16.1. The third-order valence-corrected chi connectivity index (χ3v) is 6.09. The molecule has 25 heavy (non-hydrogen) atoms. The second-order valence-corrected chi connectivity index (χ2v) is 8.17. The van der Waals surface area contributed by atoms with E-state index in [1.165, 1.54) is 11.8 Å². The Hall–Kier alpha value is -1.87. The molecular weight excluding hydrogens is 358 g/mol. The van der Waals surface area contributed by atoms with Gasteiger partial charge in [0, 0.05) is 49.0 Å². The Morgan fingerprint density at radius 1 is 1.32 bits per heavy atom. The fraction of sp³-hybridized carbons (Fsp3) is 0.500. The minimum absolute atomic E-state index is 0.0738. The Labute approximate surface area is 154 Å². The van der Waals surface area contributed by atoms with E-state index in [2.05, 4.69) is 19.9 Å². The third-order valence-electron chi connectivity index (χ3n) is 4.29. The molecule has 0 aromatic carbocycles. The largest absolute Gasteiger partial charge is 0.345 e. The van der Waals surface area contributed by atoms with Gasteiger partial charge in [-0.05, 0) is 20.8 Å². The number of rotatable bonds is 4. The van der Waals surface area contributed by atoms with E-state index in [9.17, 15) is 9.59 Å². The number of aromatic amines is 1. The summed E-state index contributed by atoms with van der Waals surface area (Å²) in [6, 6.07) is 0. The molecule has 0 radical (unpaired) electrons. The fourth-order valence-corrected chi connectivity index (χ4v) is 4.26. The summed E-state index contributed by atoms with van der Waals surface area (Å²) in [4.78, 5) is 40.0. The molecule has 1 aliphatic heterocycles. The Bertz CT molecular complexity index is 797. The summed E-state index contributed by atoms with van der Waals surface area (Å²) >= 11 is 2.92. The highest BCUT2D eigenvalue weighted by molar-refractivity contribution is 8.00. The van der Waals surface area contributed by atoms with Gasteiger partial charge in [-0.15, -0.1) is 11.3 Å². The van der Waals surface area contributed by atoms with Gasteiger partial charge in [-0.25, -0.2) is 9.97 Å². The molecule has 0 bridgehead atoms. The van der Waals surface area contributed by atoms with Crippen molar-refractivity contribution >= 4 is 34.1 Å². The van der Waals surface area contributed by atoms with Crippen molar-refractivity contribution in [3.8, 4) is 0 Å². The van der Waals surface area contributed by atoms with Crippen LogP contribution < -0.4 is 10.5 Å².